The first-order chi connectivity index (χ1) is 13.6. The molecule has 1 aliphatic heterocycles. The molecule has 2 aromatic rings. The van der Waals surface area contributed by atoms with Crippen LogP contribution in [0, 0.1) is 20.8 Å². The Morgan fingerprint density at radius 2 is 1.62 bits per heavy atom. The van der Waals surface area contributed by atoms with Crippen molar-refractivity contribution in [3.63, 3.8) is 0 Å². The minimum absolute atomic E-state index is 0.0763. The van der Waals surface area contributed by atoms with Gasteiger partial charge in [-0.3, -0.25) is 9.69 Å². The largest absolute Gasteiger partial charge is 0.416 e. The van der Waals surface area contributed by atoms with Crippen LogP contribution in [-0.4, -0.2) is 43.5 Å². The van der Waals surface area contributed by atoms with Crippen LogP contribution in [0.2, 0.25) is 0 Å². The zero-order valence-electron chi connectivity index (χ0n) is 16.9. The van der Waals surface area contributed by atoms with Crippen molar-refractivity contribution in [2.45, 2.75) is 26.9 Å². The molecule has 3 rings (SSSR count). The lowest BCUT2D eigenvalue weighted by Crippen LogP contribution is -2.48. The molecule has 7 heteroatoms. The summed E-state index contributed by atoms with van der Waals surface area (Å²) in [4.78, 5) is 16.4. The number of rotatable bonds is 4. The summed E-state index contributed by atoms with van der Waals surface area (Å²) in [6.07, 6.45) is -4.35. The van der Waals surface area contributed by atoms with E-state index >= 15 is 0 Å². The first-order valence-electron chi connectivity index (χ1n) is 9.66. The minimum atomic E-state index is -4.35. The van der Waals surface area contributed by atoms with E-state index < -0.39 is 11.7 Å². The molecule has 1 aliphatic rings. The number of aryl methyl sites for hydroxylation is 3. The Bertz CT molecular complexity index is 864. The van der Waals surface area contributed by atoms with E-state index in [9.17, 15) is 18.0 Å². The Balaban J connectivity index is 1.56. The van der Waals surface area contributed by atoms with Crippen LogP contribution in [0.1, 0.15) is 22.3 Å². The third-order valence-electron chi connectivity index (χ3n) is 5.22. The molecule has 4 nitrogen and oxygen atoms in total. The number of nitrogens with zero attached hydrogens (tertiary/aromatic N) is 2. The van der Waals surface area contributed by atoms with E-state index in [4.69, 9.17) is 0 Å². The molecule has 29 heavy (non-hydrogen) atoms. The number of hydrogen-bond acceptors (Lipinski definition) is 3. The van der Waals surface area contributed by atoms with Crippen molar-refractivity contribution >= 4 is 17.3 Å². The first kappa shape index (κ1) is 21.2. The fourth-order valence-corrected chi connectivity index (χ4v) is 3.80. The Morgan fingerprint density at radius 1 is 1.00 bits per heavy atom. The smallest absolute Gasteiger partial charge is 0.369 e. The highest BCUT2D eigenvalue weighted by Gasteiger charge is 2.31. The number of anilines is 2. The third kappa shape index (κ3) is 5.29. The van der Waals surface area contributed by atoms with Crippen molar-refractivity contribution in [2.75, 3.05) is 42.9 Å². The molecule has 1 N–H and O–H groups in total. The highest BCUT2D eigenvalue weighted by Crippen LogP contribution is 2.32. The van der Waals surface area contributed by atoms with Crippen LogP contribution in [0.5, 0.6) is 0 Å². The van der Waals surface area contributed by atoms with Gasteiger partial charge in [0.05, 0.1) is 12.1 Å². The van der Waals surface area contributed by atoms with E-state index in [1.165, 1.54) is 12.1 Å². The van der Waals surface area contributed by atoms with Gasteiger partial charge in [-0.2, -0.15) is 13.2 Å². The van der Waals surface area contributed by atoms with Gasteiger partial charge < -0.3 is 10.2 Å². The molecule has 1 heterocycles. The summed E-state index contributed by atoms with van der Waals surface area (Å²) < 4.78 is 38.8. The predicted molar refractivity (Wildman–Crippen MR) is 109 cm³/mol. The fraction of sp³-hybridized carbons (Fsp3) is 0.409. The number of carbonyl (C=O) groups is 1. The van der Waals surface area contributed by atoms with Crippen LogP contribution >= 0.6 is 0 Å². The maximum absolute atomic E-state index is 12.9. The molecule has 0 radical (unpaired) electrons. The van der Waals surface area contributed by atoms with Gasteiger partial charge >= 0.3 is 6.18 Å². The molecule has 1 amide bonds. The quantitative estimate of drug-likeness (QED) is 0.820. The van der Waals surface area contributed by atoms with Crippen LogP contribution in [0.25, 0.3) is 0 Å². The Kier molecular flexibility index (Phi) is 6.17. The normalized spacial score (nSPS) is 15.4. The molecule has 1 saturated heterocycles. The summed E-state index contributed by atoms with van der Waals surface area (Å²) >= 11 is 0. The van der Waals surface area contributed by atoms with Crippen LogP contribution in [0.3, 0.4) is 0 Å². The summed E-state index contributed by atoms with van der Waals surface area (Å²) in [6.45, 7) is 8.64. The van der Waals surface area contributed by atoms with E-state index in [0.29, 0.717) is 31.9 Å². The van der Waals surface area contributed by atoms with Gasteiger partial charge in [0.25, 0.3) is 0 Å². The highest BCUT2D eigenvalue weighted by atomic mass is 19.4. The summed E-state index contributed by atoms with van der Waals surface area (Å²) in [5, 5.41) is 3.00. The Morgan fingerprint density at radius 3 is 2.21 bits per heavy atom. The summed E-state index contributed by atoms with van der Waals surface area (Å²) in [7, 11) is 0. The van der Waals surface area contributed by atoms with Gasteiger partial charge in [-0.25, -0.2) is 0 Å². The Labute approximate surface area is 169 Å². The van der Waals surface area contributed by atoms with E-state index in [0.717, 1.165) is 28.4 Å². The maximum Gasteiger partial charge on any atom is 0.416 e. The second kappa shape index (κ2) is 8.45. The minimum Gasteiger partial charge on any atom is -0.369 e. The van der Waals surface area contributed by atoms with Gasteiger partial charge in [-0.15, -0.1) is 0 Å². The van der Waals surface area contributed by atoms with Gasteiger partial charge in [0.2, 0.25) is 5.91 Å². The monoisotopic (exact) mass is 405 g/mol. The highest BCUT2D eigenvalue weighted by molar-refractivity contribution is 5.93. The lowest BCUT2D eigenvalue weighted by Gasteiger charge is -2.36. The van der Waals surface area contributed by atoms with E-state index in [2.05, 4.69) is 5.32 Å². The molecule has 1 fully saturated rings. The summed E-state index contributed by atoms with van der Waals surface area (Å²) in [6, 6.07) is 9.47. The summed E-state index contributed by atoms with van der Waals surface area (Å²) in [5.74, 6) is -0.0763. The lowest BCUT2D eigenvalue weighted by atomic mass is 10.1. The molecule has 0 saturated carbocycles. The second-order valence-electron chi connectivity index (χ2n) is 7.63. The fourth-order valence-electron chi connectivity index (χ4n) is 3.80. The second-order valence-corrected chi connectivity index (χ2v) is 7.63. The van der Waals surface area contributed by atoms with Crippen LogP contribution in [0.15, 0.2) is 36.4 Å². The Hall–Kier alpha value is -2.54. The molecule has 0 bridgehead atoms. The molecular formula is C22H26F3N3O. The molecular weight excluding hydrogens is 379 g/mol. The standard InChI is InChI=1S/C22H26F3N3O/c1-15-11-16(2)21(17(3)12-15)26-20(29)14-27-7-9-28(10-8-27)19-6-4-5-18(13-19)22(23,24)25/h4-6,11-13H,7-10,14H2,1-3H3,(H,26,29). The van der Waals surface area contributed by atoms with Crippen molar-refractivity contribution in [2.24, 2.45) is 0 Å². The zero-order valence-corrected chi connectivity index (χ0v) is 16.9. The molecule has 0 spiro atoms. The lowest BCUT2D eigenvalue weighted by molar-refractivity contribution is -0.137. The molecule has 2 aromatic carbocycles. The number of alkyl halides is 3. The number of carbonyl (C=O) groups excluding carboxylic acids is 1. The number of halogens is 3. The van der Waals surface area contributed by atoms with Gasteiger partial charge in [-0.1, -0.05) is 23.8 Å². The number of piperazine rings is 1. The molecule has 0 atom stereocenters. The van der Waals surface area contributed by atoms with Gasteiger partial charge in [0.15, 0.2) is 0 Å². The van der Waals surface area contributed by atoms with Crippen molar-refractivity contribution in [1.29, 1.82) is 0 Å². The van der Waals surface area contributed by atoms with E-state index in [-0.39, 0.29) is 12.5 Å². The zero-order chi connectivity index (χ0) is 21.2. The van der Waals surface area contributed by atoms with Crippen LogP contribution in [-0.2, 0) is 11.0 Å². The average molecular weight is 405 g/mol. The molecule has 0 aliphatic carbocycles. The maximum atomic E-state index is 12.9. The third-order valence-corrected chi connectivity index (χ3v) is 5.22. The first-order valence-corrected chi connectivity index (χ1v) is 9.66. The van der Waals surface area contributed by atoms with Crippen molar-refractivity contribution in [3.8, 4) is 0 Å². The molecule has 0 unspecified atom stereocenters. The molecule has 156 valence electrons. The van der Waals surface area contributed by atoms with Crippen LogP contribution < -0.4 is 10.2 Å². The molecule has 0 aromatic heterocycles. The summed E-state index contributed by atoms with van der Waals surface area (Å²) in [5.41, 5.74) is 4.00. The number of nitrogens with one attached hydrogen (secondary N) is 1. The SMILES string of the molecule is Cc1cc(C)c(NC(=O)CN2CCN(c3cccc(C(F)(F)F)c3)CC2)c(C)c1. The van der Waals surface area contributed by atoms with Crippen molar-refractivity contribution in [3.05, 3.63) is 58.7 Å². The van der Waals surface area contributed by atoms with Gasteiger partial charge in [0.1, 0.15) is 0 Å². The van der Waals surface area contributed by atoms with E-state index in [1.807, 2.05) is 42.7 Å². The predicted octanol–water partition coefficient (Wildman–Crippen LogP) is 4.39. The number of amides is 1. The average Bonchev–Trinajstić information content (AvgIpc) is 2.65. The van der Waals surface area contributed by atoms with Gasteiger partial charge in [0, 0.05) is 37.6 Å². The van der Waals surface area contributed by atoms with Crippen molar-refractivity contribution in [1.82, 2.24) is 4.90 Å². The van der Waals surface area contributed by atoms with E-state index in [1.54, 1.807) is 6.07 Å². The topological polar surface area (TPSA) is 35.6 Å². The van der Waals surface area contributed by atoms with Crippen molar-refractivity contribution < 1.29 is 18.0 Å². The van der Waals surface area contributed by atoms with Crippen LogP contribution in [0.4, 0.5) is 24.5 Å². The number of hydrogen-bond donors (Lipinski definition) is 1. The van der Waals surface area contributed by atoms with Gasteiger partial charge in [-0.05, 0) is 50.1 Å². The number of benzene rings is 2.